The van der Waals surface area contributed by atoms with Gasteiger partial charge >= 0.3 is 5.97 Å². The second kappa shape index (κ2) is 7.79. The molecule has 3 rings (SSSR count). The van der Waals surface area contributed by atoms with Crippen molar-refractivity contribution in [2.45, 2.75) is 59.0 Å². The quantitative estimate of drug-likeness (QED) is 0.436. The van der Waals surface area contributed by atoms with E-state index in [2.05, 4.69) is 37.6 Å². The second-order valence-corrected chi connectivity index (χ2v) is 8.63. The lowest BCUT2D eigenvalue weighted by Crippen LogP contribution is -2.45. The summed E-state index contributed by atoms with van der Waals surface area (Å²) in [7, 11) is 0. The van der Waals surface area contributed by atoms with E-state index in [1.807, 2.05) is 0 Å². The molecule has 25 heavy (non-hydrogen) atoms. The zero-order chi connectivity index (χ0) is 18.0. The molecular formula is C21H36N2O2. The highest BCUT2D eigenvalue weighted by Gasteiger charge is 2.54. The van der Waals surface area contributed by atoms with Gasteiger partial charge in [-0.2, -0.15) is 0 Å². The Morgan fingerprint density at radius 2 is 2.12 bits per heavy atom. The van der Waals surface area contributed by atoms with Crippen LogP contribution in [0.15, 0.2) is 12.2 Å². The Labute approximate surface area is 153 Å². The number of rotatable bonds is 7. The van der Waals surface area contributed by atoms with Crippen LogP contribution in [0.4, 0.5) is 0 Å². The molecule has 1 N–H and O–H groups in total. The van der Waals surface area contributed by atoms with E-state index in [1.165, 1.54) is 24.8 Å². The molecule has 1 saturated heterocycles. The smallest absolute Gasteiger partial charge is 0.310 e. The molecule has 1 aliphatic heterocycles. The monoisotopic (exact) mass is 348 g/mol. The lowest BCUT2D eigenvalue weighted by Gasteiger charge is -2.50. The predicted octanol–water partition coefficient (Wildman–Crippen LogP) is 3.23. The minimum absolute atomic E-state index is 0.0261. The number of hydrogen-bond donors (Lipinski definition) is 1. The number of ether oxygens (including phenoxy) is 1. The first-order valence-electron chi connectivity index (χ1n) is 10.3. The second-order valence-electron chi connectivity index (χ2n) is 8.63. The molecule has 0 aromatic rings. The lowest BCUT2D eigenvalue weighted by atomic mass is 9.55. The van der Waals surface area contributed by atoms with Crippen molar-refractivity contribution in [3.63, 3.8) is 0 Å². The summed E-state index contributed by atoms with van der Waals surface area (Å²) in [4.78, 5) is 14.9. The first kappa shape index (κ1) is 18.9. The molecule has 5 atom stereocenters. The average Bonchev–Trinajstić information content (AvgIpc) is 2.87. The number of likely N-dealkylation sites (N-methyl/N-ethyl adjacent to an activating group) is 1. The Bertz CT molecular complexity index is 502. The highest BCUT2D eigenvalue weighted by atomic mass is 16.6. The van der Waals surface area contributed by atoms with Crippen LogP contribution in [0, 0.1) is 23.2 Å². The molecule has 0 amide bonds. The molecule has 4 heteroatoms. The van der Waals surface area contributed by atoms with Gasteiger partial charge < -0.3 is 15.0 Å². The summed E-state index contributed by atoms with van der Waals surface area (Å²) in [6.07, 6.45) is 5.92. The summed E-state index contributed by atoms with van der Waals surface area (Å²) >= 11 is 0. The molecule has 1 heterocycles. The normalized spacial score (nSPS) is 37.8. The highest BCUT2D eigenvalue weighted by molar-refractivity contribution is 5.75. The molecule has 2 aliphatic carbocycles. The maximum Gasteiger partial charge on any atom is 0.310 e. The van der Waals surface area contributed by atoms with Crippen LogP contribution >= 0.6 is 0 Å². The fourth-order valence-corrected chi connectivity index (χ4v) is 5.52. The maximum atomic E-state index is 12.5. The SMILES string of the molecule is C=C1CCC[C@]2(C)C[C@H]3OC(=O)C(CNCCN(CC)CC)[C@H]3CC12. The minimum atomic E-state index is 0.0261. The van der Waals surface area contributed by atoms with E-state index >= 15 is 0 Å². The number of nitrogens with zero attached hydrogens (tertiary/aromatic N) is 1. The Kier molecular flexibility index (Phi) is 5.89. The van der Waals surface area contributed by atoms with Crippen molar-refractivity contribution in [1.82, 2.24) is 10.2 Å². The number of carbonyl (C=O) groups is 1. The van der Waals surface area contributed by atoms with E-state index in [1.54, 1.807) is 0 Å². The number of fused-ring (bicyclic) bond motifs is 2. The van der Waals surface area contributed by atoms with E-state index in [4.69, 9.17) is 4.74 Å². The van der Waals surface area contributed by atoms with Crippen LogP contribution in [0.25, 0.3) is 0 Å². The zero-order valence-corrected chi connectivity index (χ0v) is 16.4. The van der Waals surface area contributed by atoms with Crippen LogP contribution in [-0.2, 0) is 9.53 Å². The predicted molar refractivity (Wildman–Crippen MR) is 101 cm³/mol. The van der Waals surface area contributed by atoms with Gasteiger partial charge in [-0.3, -0.25) is 4.79 Å². The van der Waals surface area contributed by atoms with Gasteiger partial charge in [0.15, 0.2) is 0 Å². The Balaban J connectivity index is 1.57. The molecule has 3 aliphatic rings. The molecule has 3 fully saturated rings. The number of esters is 1. The molecular weight excluding hydrogens is 312 g/mol. The van der Waals surface area contributed by atoms with Gasteiger partial charge in [-0.1, -0.05) is 32.9 Å². The van der Waals surface area contributed by atoms with E-state index in [0.717, 1.165) is 45.6 Å². The summed E-state index contributed by atoms with van der Waals surface area (Å²) in [5, 5.41) is 3.52. The first-order valence-corrected chi connectivity index (χ1v) is 10.3. The topological polar surface area (TPSA) is 41.6 Å². The van der Waals surface area contributed by atoms with Gasteiger partial charge in [-0.25, -0.2) is 0 Å². The highest BCUT2D eigenvalue weighted by Crippen LogP contribution is 2.56. The lowest BCUT2D eigenvalue weighted by molar-refractivity contribution is -0.146. The largest absolute Gasteiger partial charge is 0.462 e. The van der Waals surface area contributed by atoms with Crippen molar-refractivity contribution >= 4 is 5.97 Å². The fraction of sp³-hybridized carbons (Fsp3) is 0.857. The molecule has 0 bridgehead atoms. The van der Waals surface area contributed by atoms with Crippen LogP contribution < -0.4 is 5.32 Å². The third kappa shape index (κ3) is 3.80. The third-order valence-electron chi connectivity index (χ3n) is 7.18. The summed E-state index contributed by atoms with van der Waals surface area (Å²) < 4.78 is 5.83. The van der Waals surface area contributed by atoms with Crippen molar-refractivity contribution in [1.29, 1.82) is 0 Å². The van der Waals surface area contributed by atoms with Gasteiger partial charge in [-0.15, -0.1) is 0 Å². The maximum absolute atomic E-state index is 12.5. The van der Waals surface area contributed by atoms with E-state index in [-0.39, 0.29) is 18.0 Å². The van der Waals surface area contributed by atoms with Gasteiger partial charge in [0.05, 0.1) is 5.92 Å². The van der Waals surface area contributed by atoms with Crippen molar-refractivity contribution in [2.75, 3.05) is 32.7 Å². The molecule has 142 valence electrons. The number of allylic oxidation sites excluding steroid dienone is 1. The molecule has 2 unspecified atom stereocenters. The van der Waals surface area contributed by atoms with Gasteiger partial charge in [0.1, 0.15) is 6.10 Å². The fourth-order valence-electron chi connectivity index (χ4n) is 5.52. The summed E-state index contributed by atoms with van der Waals surface area (Å²) in [5.74, 6) is 1.01. The summed E-state index contributed by atoms with van der Waals surface area (Å²) in [6.45, 7) is 16.0. The van der Waals surface area contributed by atoms with E-state index < -0.39 is 0 Å². The average molecular weight is 349 g/mol. The summed E-state index contributed by atoms with van der Waals surface area (Å²) in [6, 6.07) is 0. The van der Waals surface area contributed by atoms with Crippen molar-refractivity contribution in [3.05, 3.63) is 12.2 Å². The van der Waals surface area contributed by atoms with Crippen LogP contribution in [0.5, 0.6) is 0 Å². The van der Waals surface area contributed by atoms with Crippen LogP contribution in [0.3, 0.4) is 0 Å². The molecule has 2 saturated carbocycles. The van der Waals surface area contributed by atoms with E-state index in [9.17, 15) is 4.79 Å². The molecule has 0 aromatic carbocycles. The standard InChI is InChI=1S/C21H36N2O2/c1-5-23(6-2)11-10-22-14-17-16-12-18-15(3)8-7-9-21(18,4)13-19(16)25-20(17)24/h16-19,22H,3,5-14H2,1-2,4H3/t16-,17?,18?,19-,21-/m1/s1. The Morgan fingerprint density at radius 1 is 1.36 bits per heavy atom. The minimum Gasteiger partial charge on any atom is -0.462 e. The molecule has 0 radical (unpaired) electrons. The summed E-state index contributed by atoms with van der Waals surface area (Å²) in [5.41, 5.74) is 1.71. The molecule has 0 spiro atoms. The van der Waals surface area contributed by atoms with Crippen LogP contribution in [-0.4, -0.2) is 49.7 Å². The van der Waals surface area contributed by atoms with E-state index in [0.29, 0.717) is 17.3 Å². The third-order valence-corrected chi connectivity index (χ3v) is 7.18. The number of nitrogens with one attached hydrogen (secondary N) is 1. The van der Waals surface area contributed by atoms with Crippen molar-refractivity contribution < 1.29 is 9.53 Å². The Hall–Kier alpha value is -0.870. The van der Waals surface area contributed by atoms with Gasteiger partial charge in [0.2, 0.25) is 0 Å². The number of carbonyl (C=O) groups excluding carboxylic acids is 1. The van der Waals surface area contributed by atoms with Gasteiger partial charge in [0, 0.05) is 25.6 Å². The van der Waals surface area contributed by atoms with Crippen LogP contribution in [0.2, 0.25) is 0 Å². The number of hydrogen-bond acceptors (Lipinski definition) is 4. The molecule has 0 aromatic heterocycles. The molecule has 4 nitrogen and oxygen atoms in total. The van der Waals surface area contributed by atoms with Crippen molar-refractivity contribution in [3.8, 4) is 0 Å². The van der Waals surface area contributed by atoms with Gasteiger partial charge in [-0.05, 0) is 56.5 Å². The Morgan fingerprint density at radius 3 is 2.84 bits per heavy atom. The van der Waals surface area contributed by atoms with Crippen molar-refractivity contribution in [2.24, 2.45) is 23.2 Å². The first-order chi connectivity index (χ1) is 12.0. The van der Waals surface area contributed by atoms with Crippen LogP contribution in [0.1, 0.15) is 52.9 Å². The van der Waals surface area contributed by atoms with Gasteiger partial charge in [0.25, 0.3) is 0 Å². The zero-order valence-electron chi connectivity index (χ0n) is 16.4.